The Bertz CT molecular complexity index is 909. The van der Waals surface area contributed by atoms with Crippen LogP contribution in [0.5, 0.6) is 5.75 Å². The monoisotopic (exact) mass is 344 g/mol. The van der Waals surface area contributed by atoms with E-state index in [-0.39, 0.29) is 0 Å². The molecule has 3 heteroatoms. The molecule has 1 saturated carbocycles. The molecule has 0 bridgehead atoms. The fourth-order valence-corrected chi connectivity index (χ4v) is 4.02. The molecule has 0 spiro atoms. The molecule has 1 aromatic heterocycles. The summed E-state index contributed by atoms with van der Waals surface area (Å²) in [5.41, 5.74) is 5.18. The molecule has 2 heterocycles. The average Bonchev–Trinajstić information content (AvgIpc) is 3.54. The molecule has 26 heavy (non-hydrogen) atoms. The van der Waals surface area contributed by atoms with E-state index in [4.69, 9.17) is 9.72 Å². The number of ether oxygens (including phenoxy) is 1. The van der Waals surface area contributed by atoms with Crippen LogP contribution in [-0.4, -0.2) is 24.2 Å². The molecule has 1 N–H and O–H groups in total. The largest absolute Gasteiger partial charge is 0.490 e. The van der Waals surface area contributed by atoms with E-state index in [2.05, 4.69) is 47.8 Å². The van der Waals surface area contributed by atoms with Gasteiger partial charge in [-0.2, -0.15) is 0 Å². The number of fused-ring (bicyclic) bond motifs is 1. The SMILES string of the molecule is c1cnc2c(C3CC3)c(-c3ccc(OC4CCNCC4)cc3)ccc2c1. The van der Waals surface area contributed by atoms with E-state index in [0.29, 0.717) is 12.0 Å². The van der Waals surface area contributed by atoms with Crippen molar-refractivity contribution in [2.45, 2.75) is 37.7 Å². The molecule has 2 fully saturated rings. The lowest BCUT2D eigenvalue weighted by molar-refractivity contribution is 0.162. The maximum Gasteiger partial charge on any atom is 0.119 e. The minimum absolute atomic E-state index is 0.342. The highest BCUT2D eigenvalue weighted by Gasteiger charge is 2.29. The van der Waals surface area contributed by atoms with Crippen molar-refractivity contribution in [1.82, 2.24) is 10.3 Å². The highest BCUT2D eigenvalue weighted by molar-refractivity contribution is 5.89. The maximum absolute atomic E-state index is 6.15. The highest BCUT2D eigenvalue weighted by atomic mass is 16.5. The predicted octanol–water partition coefficient (Wildman–Crippen LogP) is 4.91. The van der Waals surface area contributed by atoms with Crippen LogP contribution < -0.4 is 10.1 Å². The van der Waals surface area contributed by atoms with Crippen molar-refractivity contribution in [1.29, 1.82) is 0 Å². The number of piperidine rings is 1. The van der Waals surface area contributed by atoms with Crippen LogP contribution in [0.4, 0.5) is 0 Å². The Hall–Kier alpha value is -2.39. The van der Waals surface area contributed by atoms with Gasteiger partial charge in [-0.15, -0.1) is 0 Å². The molecule has 0 radical (unpaired) electrons. The van der Waals surface area contributed by atoms with Crippen molar-refractivity contribution in [2.75, 3.05) is 13.1 Å². The topological polar surface area (TPSA) is 34.1 Å². The normalized spacial score (nSPS) is 18.2. The van der Waals surface area contributed by atoms with Gasteiger partial charge in [0.05, 0.1) is 5.52 Å². The average molecular weight is 344 g/mol. The third-order valence-electron chi connectivity index (χ3n) is 5.55. The van der Waals surface area contributed by atoms with Gasteiger partial charge >= 0.3 is 0 Å². The first-order valence-corrected chi connectivity index (χ1v) is 9.74. The summed E-state index contributed by atoms with van der Waals surface area (Å²) in [4.78, 5) is 4.69. The highest BCUT2D eigenvalue weighted by Crippen LogP contribution is 2.47. The van der Waals surface area contributed by atoms with Crippen molar-refractivity contribution in [3.63, 3.8) is 0 Å². The van der Waals surface area contributed by atoms with Gasteiger partial charge in [0.15, 0.2) is 0 Å². The Labute approximate surface area is 154 Å². The van der Waals surface area contributed by atoms with Gasteiger partial charge in [0.25, 0.3) is 0 Å². The minimum atomic E-state index is 0.342. The number of hydrogen-bond acceptors (Lipinski definition) is 3. The van der Waals surface area contributed by atoms with Crippen LogP contribution in [0.15, 0.2) is 54.7 Å². The molecule has 3 aromatic rings. The molecule has 2 aliphatic rings. The quantitative estimate of drug-likeness (QED) is 0.730. The van der Waals surface area contributed by atoms with Crippen molar-refractivity contribution in [3.05, 3.63) is 60.3 Å². The van der Waals surface area contributed by atoms with Crippen LogP contribution in [0.3, 0.4) is 0 Å². The molecule has 3 nitrogen and oxygen atoms in total. The number of benzene rings is 2. The lowest BCUT2D eigenvalue weighted by Crippen LogP contribution is -2.34. The number of rotatable bonds is 4. The number of hydrogen-bond donors (Lipinski definition) is 1. The standard InChI is InChI=1S/C23H24N2O/c1-2-18-7-10-21(22(17-3-4-17)23(18)25-13-1)16-5-8-19(9-6-16)26-20-11-14-24-15-12-20/h1-2,5-10,13,17,20,24H,3-4,11-12,14-15H2. The fourth-order valence-electron chi connectivity index (χ4n) is 4.02. The van der Waals surface area contributed by atoms with Crippen LogP contribution in [0.1, 0.15) is 37.2 Å². The number of pyridine rings is 1. The van der Waals surface area contributed by atoms with Gasteiger partial charge in [0.1, 0.15) is 11.9 Å². The lowest BCUT2D eigenvalue weighted by atomic mass is 9.94. The van der Waals surface area contributed by atoms with Crippen molar-refractivity contribution >= 4 is 10.9 Å². The van der Waals surface area contributed by atoms with Gasteiger partial charge in [0.2, 0.25) is 0 Å². The van der Waals surface area contributed by atoms with Gasteiger partial charge < -0.3 is 10.1 Å². The first-order chi connectivity index (χ1) is 12.9. The summed E-state index contributed by atoms with van der Waals surface area (Å²) in [6.07, 6.45) is 6.98. The number of nitrogens with one attached hydrogen (secondary N) is 1. The molecule has 5 rings (SSSR count). The first kappa shape index (κ1) is 15.8. The summed E-state index contributed by atoms with van der Waals surface area (Å²) in [5.74, 6) is 1.64. The summed E-state index contributed by atoms with van der Waals surface area (Å²) >= 11 is 0. The zero-order valence-electron chi connectivity index (χ0n) is 14.9. The Morgan fingerprint density at radius 1 is 0.885 bits per heavy atom. The van der Waals surface area contributed by atoms with E-state index in [9.17, 15) is 0 Å². The van der Waals surface area contributed by atoms with E-state index >= 15 is 0 Å². The van der Waals surface area contributed by atoms with Crippen molar-refractivity contribution in [3.8, 4) is 16.9 Å². The van der Waals surface area contributed by atoms with Crippen LogP contribution in [-0.2, 0) is 0 Å². The van der Waals surface area contributed by atoms with E-state index < -0.39 is 0 Å². The van der Waals surface area contributed by atoms with Gasteiger partial charge in [-0.1, -0.05) is 30.3 Å². The zero-order chi connectivity index (χ0) is 17.3. The second-order valence-corrected chi connectivity index (χ2v) is 7.47. The predicted molar refractivity (Wildman–Crippen MR) is 106 cm³/mol. The molecule has 2 aromatic carbocycles. The van der Waals surface area contributed by atoms with Gasteiger partial charge in [0, 0.05) is 11.6 Å². The van der Waals surface area contributed by atoms with Crippen molar-refractivity contribution in [2.24, 2.45) is 0 Å². The molecule has 1 aliphatic carbocycles. The van der Waals surface area contributed by atoms with Crippen LogP contribution in [0.2, 0.25) is 0 Å². The molecule has 1 saturated heterocycles. The fraction of sp³-hybridized carbons (Fsp3) is 0.348. The summed E-state index contributed by atoms with van der Waals surface area (Å²) in [6.45, 7) is 2.11. The molecule has 0 unspecified atom stereocenters. The molecular weight excluding hydrogens is 320 g/mol. The van der Waals surface area contributed by atoms with Gasteiger partial charge in [-0.3, -0.25) is 4.98 Å². The van der Waals surface area contributed by atoms with E-state index in [0.717, 1.165) is 31.7 Å². The summed E-state index contributed by atoms with van der Waals surface area (Å²) in [5, 5.41) is 4.62. The molecule has 0 amide bonds. The second-order valence-electron chi connectivity index (χ2n) is 7.47. The van der Waals surface area contributed by atoms with Crippen molar-refractivity contribution < 1.29 is 4.74 Å². The minimum Gasteiger partial charge on any atom is -0.490 e. The Kier molecular flexibility index (Phi) is 4.10. The smallest absolute Gasteiger partial charge is 0.119 e. The molecule has 132 valence electrons. The molecule has 0 atom stereocenters. The lowest BCUT2D eigenvalue weighted by Gasteiger charge is -2.24. The van der Waals surface area contributed by atoms with Crippen LogP contribution in [0, 0.1) is 0 Å². The third-order valence-corrected chi connectivity index (χ3v) is 5.55. The van der Waals surface area contributed by atoms with Crippen LogP contribution in [0.25, 0.3) is 22.0 Å². The molecule has 1 aliphatic heterocycles. The second kappa shape index (κ2) is 6.73. The van der Waals surface area contributed by atoms with E-state index in [1.54, 1.807) is 0 Å². The third kappa shape index (κ3) is 3.08. The Morgan fingerprint density at radius 3 is 2.46 bits per heavy atom. The van der Waals surface area contributed by atoms with Gasteiger partial charge in [-0.05, 0) is 79.6 Å². The van der Waals surface area contributed by atoms with Crippen LogP contribution >= 0.6 is 0 Å². The summed E-state index contributed by atoms with van der Waals surface area (Å²) < 4.78 is 6.15. The maximum atomic E-state index is 6.15. The van der Waals surface area contributed by atoms with Gasteiger partial charge in [-0.25, -0.2) is 0 Å². The molecular formula is C23H24N2O. The number of nitrogens with zero attached hydrogens (tertiary/aromatic N) is 1. The summed E-state index contributed by atoms with van der Waals surface area (Å²) in [6, 6.07) is 17.3. The Morgan fingerprint density at radius 2 is 1.69 bits per heavy atom. The summed E-state index contributed by atoms with van der Waals surface area (Å²) in [7, 11) is 0. The Balaban J connectivity index is 1.47. The first-order valence-electron chi connectivity index (χ1n) is 9.74. The van der Waals surface area contributed by atoms with E-state index in [1.165, 1.54) is 40.4 Å². The zero-order valence-corrected chi connectivity index (χ0v) is 14.9. The van der Waals surface area contributed by atoms with E-state index in [1.807, 2.05) is 12.3 Å². The number of aromatic nitrogens is 1.